The van der Waals surface area contributed by atoms with Gasteiger partial charge in [-0.25, -0.2) is 4.79 Å². The number of ether oxygens (including phenoxy) is 1. The molecule has 1 aromatic carbocycles. The van der Waals surface area contributed by atoms with Gasteiger partial charge in [-0.2, -0.15) is 0 Å². The summed E-state index contributed by atoms with van der Waals surface area (Å²) < 4.78 is 4.66. The zero-order chi connectivity index (χ0) is 14.8. The summed E-state index contributed by atoms with van der Waals surface area (Å²) in [5.74, 6) is 0.430. The van der Waals surface area contributed by atoms with Crippen molar-refractivity contribution in [2.24, 2.45) is 4.99 Å². The van der Waals surface area contributed by atoms with E-state index in [0.717, 1.165) is 24.5 Å². The van der Waals surface area contributed by atoms with E-state index < -0.39 is 0 Å². The number of methoxy groups -OCH3 is 1. The van der Waals surface area contributed by atoms with Gasteiger partial charge in [0.15, 0.2) is 5.96 Å². The van der Waals surface area contributed by atoms with Gasteiger partial charge in [0.25, 0.3) is 0 Å². The lowest BCUT2D eigenvalue weighted by Gasteiger charge is -2.10. The maximum Gasteiger partial charge on any atom is 0.337 e. The molecule has 0 aliphatic heterocycles. The average molecular weight is 403 g/mol. The summed E-state index contributed by atoms with van der Waals surface area (Å²) in [4.78, 5) is 15.4. The number of esters is 1. The minimum Gasteiger partial charge on any atom is -0.465 e. The number of rotatable bonds is 6. The van der Waals surface area contributed by atoms with Crippen molar-refractivity contribution in [3.05, 3.63) is 48.0 Å². The first kappa shape index (κ1) is 19.4. The van der Waals surface area contributed by atoms with Crippen molar-refractivity contribution in [2.75, 3.05) is 27.2 Å². The van der Waals surface area contributed by atoms with Crippen LogP contribution in [0.4, 0.5) is 0 Å². The third kappa shape index (κ3) is 7.12. The Kier molecular flexibility index (Phi) is 10.3. The predicted molar refractivity (Wildman–Crippen MR) is 96.5 cm³/mol. The zero-order valence-corrected chi connectivity index (χ0v) is 14.7. The first-order valence-electron chi connectivity index (χ1n) is 6.44. The molecule has 0 bridgehead atoms. The number of carbonyl (C=O) groups excluding carboxylic acids is 1. The van der Waals surface area contributed by atoms with E-state index in [0.29, 0.717) is 12.1 Å². The van der Waals surface area contributed by atoms with Crippen LogP contribution in [0.1, 0.15) is 15.9 Å². The minimum absolute atomic E-state index is 0. The Morgan fingerprint density at radius 1 is 1.33 bits per heavy atom. The van der Waals surface area contributed by atoms with Crippen molar-refractivity contribution in [2.45, 2.75) is 6.42 Å². The Labute approximate surface area is 142 Å². The molecule has 0 saturated carbocycles. The summed E-state index contributed by atoms with van der Waals surface area (Å²) in [5, 5.41) is 6.30. The van der Waals surface area contributed by atoms with Crippen LogP contribution in [0.15, 0.2) is 41.9 Å². The normalized spacial score (nSPS) is 10.3. The van der Waals surface area contributed by atoms with E-state index in [1.807, 2.05) is 12.1 Å². The molecule has 2 N–H and O–H groups in total. The van der Waals surface area contributed by atoms with Gasteiger partial charge in [0, 0.05) is 20.1 Å². The fourth-order valence-corrected chi connectivity index (χ4v) is 1.64. The van der Waals surface area contributed by atoms with Gasteiger partial charge < -0.3 is 15.4 Å². The van der Waals surface area contributed by atoms with E-state index >= 15 is 0 Å². The molecular weight excluding hydrogens is 381 g/mol. The van der Waals surface area contributed by atoms with Crippen LogP contribution in [-0.4, -0.2) is 39.2 Å². The highest BCUT2D eigenvalue weighted by molar-refractivity contribution is 14.0. The smallest absolute Gasteiger partial charge is 0.337 e. The highest BCUT2D eigenvalue weighted by Crippen LogP contribution is 2.06. The molecule has 0 aliphatic rings. The second-order valence-electron chi connectivity index (χ2n) is 4.11. The quantitative estimate of drug-likeness (QED) is 0.251. The Balaban J connectivity index is 0.00000400. The standard InChI is InChI=1S/C15H21N3O2.HI/c1-4-10-17-15(16-2)18-11-9-12-5-7-13(8-6-12)14(19)20-3;/h4-8H,1,9-11H2,2-3H3,(H2,16,17,18);1H. The summed E-state index contributed by atoms with van der Waals surface area (Å²) >= 11 is 0. The van der Waals surface area contributed by atoms with Crippen molar-refractivity contribution in [3.8, 4) is 0 Å². The van der Waals surface area contributed by atoms with Crippen molar-refractivity contribution in [1.29, 1.82) is 0 Å². The Morgan fingerprint density at radius 3 is 2.52 bits per heavy atom. The van der Waals surface area contributed by atoms with Gasteiger partial charge in [0.05, 0.1) is 12.7 Å². The maximum absolute atomic E-state index is 11.3. The Bertz CT molecular complexity index is 472. The number of halogens is 1. The molecule has 0 fully saturated rings. The zero-order valence-electron chi connectivity index (χ0n) is 12.4. The van der Waals surface area contributed by atoms with Crippen LogP contribution in [0, 0.1) is 0 Å². The molecule has 116 valence electrons. The summed E-state index contributed by atoms with van der Waals surface area (Å²) in [6, 6.07) is 7.39. The predicted octanol–water partition coefficient (Wildman–Crippen LogP) is 1.98. The van der Waals surface area contributed by atoms with E-state index in [2.05, 4.69) is 26.9 Å². The molecule has 6 heteroatoms. The van der Waals surface area contributed by atoms with Gasteiger partial charge in [-0.05, 0) is 24.1 Å². The average Bonchev–Trinajstić information content (AvgIpc) is 2.50. The van der Waals surface area contributed by atoms with Gasteiger partial charge in [-0.1, -0.05) is 18.2 Å². The molecule has 0 saturated heterocycles. The molecule has 0 amide bonds. The molecule has 1 rings (SSSR count). The first-order valence-corrected chi connectivity index (χ1v) is 6.44. The molecule has 0 aliphatic carbocycles. The minimum atomic E-state index is -0.316. The monoisotopic (exact) mass is 403 g/mol. The van der Waals surface area contributed by atoms with Crippen LogP contribution >= 0.6 is 24.0 Å². The molecule has 1 aromatic rings. The van der Waals surface area contributed by atoms with E-state index in [-0.39, 0.29) is 29.9 Å². The maximum atomic E-state index is 11.3. The van der Waals surface area contributed by atoms with Gasteiger partial charge in [-0.15, -0.1) is 30.6 Å². The number of hydrogen-bond donors (Lipinski definition) is 2. The lowest BCUT2D eigenvalue weighted by atomic mass is 10.1. The Hall–Kier alpha value is -1.57. The van der Waals surface area contributed by atoms with Crippen LogP contribution < -0.4 is 10.6 Å². The van der Waals surface area contributed by atoms with E-state index in [9.17, 15) is 4.79 Å². The van der Waals surface area contributed by atoms with Gasteiger partial charge in [0.2, 0.25) is 0 Å². The highest BCUT2D eigenvalue weighted by Gasteiger charge is 2.04. The number of carbonyl (C=O) groups is 1. The summed E-state index contributed by atoms with van der Waals surface area (Å²) in [6.07, 6.45) is 2.62. The van der Waals surface area contributed by atoms with Gasteiger partial charge >= 0.3 is 5.97 Å². The van der Waals surface area contributed by atoms with Crippen LogP contribution in [-0.2, 0) is 11.2 Å². The van der Waals surface area contributed by atoms with E-state index in [4.69, 9.17) is 0 Å². The van der Waals surface area contributed by atoms with Gasteiger partial charge in [-0.3, -0.25) is 4.99 Å². The SMILES string of the molecule is C=CCNC(=NC)NCCc1ccc(C(=O)OC)cc1.I. The first-order chi connectivity index (χ1) is 9.71. The molecule has 21 heavy (non-hydrogen) atoms. The van der Waals surface area contributed by atoms with Crippen molar-refractivity contribution in [3.63, 3.8) is 0 Å². The van der Waals surface area contributed by atoms with E-state index in [1.54, 1.807) is 25.3 Å². The third-order valence-corrected chi connectivity index (χ3v) is 2.72. The summed E-state index contributed by atoms with van der Waals surface area (Å²) in [7, 11) is 3.10. The molecule has 0 radical (unpaired) electrons. The molecule has 0 atom stereocenters. The van der Waals surface area contributed by atoms with Crippen LogP contribution in [0.2, 0.25) is 0 Å². The number of nitrogens with zero attached hydrogens (tertiary/aromatic N) is 1. The van der Waals surface area contributed by atoms with E-state index in [1.165, 1.54) is 7.11 Å². The van der Waals surface area contributed by atoms with Crippen molar-refractivity contribution < 1.29 is 9.53 Å². The molecule has 0 heterocycles. The molecular formula is C15H22IN3O2. The molecule has 0 aromatic heterocycles. The topological polar surface area (TPSA) is 62.7 Å². The number of nitrogens with one attached hydrogen (secondary N) is 2. The number of aliphatic imine (C=N–C) groups is 1. The second kappa shape index (κ2) is 11.1. The van der Waals surface area contributed by atoms with Crippen molar-refractivity contribution >= 4 is 35.9 Å². The Morgan fingerprint density at radius 2 is 2.00 bits per heavy atom. The lowest BCUT2D eigenvalue weighted by Crippen LogP contribution is -2.38. The molecule has 0 spiro atoms. The second-order valence-corrected chi connectivity index (χ2v) is 4.11. The van der Waals surface area contributed by atoms with Crippen LogP contribution in [0.3, 0.4) is 0 Å². The van der Waals surface area contributed by atoms with Crippen LogP contribution in [0.5, 0.6) is 0 Å². The molecule has 5 nitrogen and oxygen atoms in total. The summed E-state index contributed by atoms with van der Waals surface area (Å²) in [5.41, 5.74) is 1.71. The third-order valence-electron chi connectivity index (χ3n) is 2.72. The number of guanidine groups is 1. The van der Waals surface area contributed by atoms with Gasteiger partial charge in [0.1, 0.15) is 0 Å². The number of benzene rings is 1. The largest absolute Gasteiger partial charge is 0.465 e. The summed E-state index contributed by atoms with van der Waals surface area (Å²) in [6.45, 7) is 5.07. The lowest BCUT2D eigenvalue weighted by molar-refractivity contribution is 0.0600. The van der Waals surface area contributed by atoms with Crippen LogP contribution in [0.25, 0.3) is 0 Å². The fourth-order valence-electron chi connectivity index (χ4n) is 1.64. The van der Waals surface area contributed by atoms with Crippen molar-refractivity contribution in [1.82, 2.24) is 10.6 Å². The highest BCUT2D eigenvalue weighted by atomic mass is 127. The molecule has 0 unspecified atom stereocenters. The fraction of sp³-hybridized carbons (Fsp3) is 0.333. The number of hydrogen-bond acceptors (Lipinski definition) is 3.